The first-order valence-electron chi connectivity index (χ1n) is 24.1. The van der Waals surface area contributed by atoms with E-state index >= 15 is 0 Å². The summed E-state index contributed by atoms with van der Waals surface area (Å²) in [6.07, 6.45) is 1.56. The van der Waals surface area contributed by atoms with Gasteiger partial charge in [-0.1, -0.05) is 146 Å². The number of benzene rings is 6. The van der Waals surface area contributed by atoms with Gasteiger partial charge in [-0.15, -0.1) is 0 Å². The number of phenols is 1. The Morgan fingerprint density at radius 1 is 0.661 bits per heavy atom. The summed E-state index contributed by atoms with van der Waals surface area (Å²) in [6.45, 7) is 15.6. The minimum absolute atomic E-state index is 0.00935. The molecule has 2 aromatic heterocycles. The molecule has 59 heavy (non-hydrogen) atoms. The normalized spacial score (nSPS) is 14.5. The van der Waals surface area contributed by atoms with Gasteiger partial charge in [0.05, 0.1) is 33.5 Å². The first-order valence-corrected chi connectivity index (χ1v) is 20.1. The van der Waals surface area contributed by atoms with Crippen LogP contribution >= 0.6 is 0 Å². The average Bonchev–Trinajstić information content (AvgIpc) is 3.64. The number of pyridine rings is 1. The van der Waals surface area contributed by atoms with Crippen LogP contribution in [0.2, 0.25) is 0 Å². The Bertz CT molecular complexity index is 3210. The fourth-order valence-electron chi connectivity index (χ4n) is 7.73. The van der Waals surface area contributed by atoms with Gasteiger partial charge in [0.2, 0.25) is 0 Å². The summed E-state index contributed by atoms with van der Waals surface area (Å²) in [5.41, 5.74) is 10.4. The molecule has 0 fully saturated rings. The van der Waals surface area contributed by atoms with E-state index in [-0.39, 0.29) is 22.1 Å². The Morgan fingerprint density at radius 3 is 2.10 bits per heavy atom. The van der Waals surface area contributed by atoms with Crippen LogP contribution in [0.15, 0.2) is 140 Å². The zero-order chi connectivity index (χ0) is 48.7. The number of hydrogen-bond donors (Lipinski definition) is 1. The molecule has 0 bridgehead atoms. The monoisotopic (exact) mass is 781 g/mol. The summed E-state index contributed by atoms with van der Waals surface area (Å²) in [7, 11) is 0. The predicted molar refractivity (Wildman–Crippen MR) is 249 cm³/mol. The van der Waals surface area contributed by atoms with Crippen molar-refractivity contribution in [2.75, 3.05) is 0 Å². The lowest BCUT2D eigenvalue weighted by molar-refractivity contribution is 0.448. The molecule has 0 atom stereocenters. The third kappa shape index (κ3) is 7.72. The Kier molecular flexibility index (Phi) is 7.91. The maximum atomic E-state index is 12.3. The van der Waals surface area contributed by atoms with Crippen LogP contribution < -0.4 is 0 Å². The summed E-state index contributed by atoms with van der Waals surface area (Å²) >= 11 is 0. The molecule has 6 aromatic carbocycles. The van der Waals surface area contributed by atoms with Gasteiger partial charge in [-0.25, -0.2) is 4.98 Å². The predicted octanol–water partition coefficient (Wildman–Crippen LogP) is 14.8. The fourth-order valence-corrected chi connectivity index (χ4v) is 7.73. The zero-order valence-corrected chi connectivity index (χ0v) is 35.3. The standard InChI is InChI=1S/C55H55N3O/c1-34(2)39-23-24-49(45(32-39)38-15-12-11-13-16-38)58-50-18-14-17-44(51(50)57-53(58)46-27-36(4)28-47(52(46)59)55(8,9)10)41-29-42(31-43(30-41)54(5,6)7)48-33-40(25-26-56-48)37-21-19-35(3)20-22-37/h11-34,59H,1-10H3/i3D3,19D,20D,21D,22D,34D. The van der Waals surface area contributed by atoms with Crippen LogP contribution in [-0.2, 0) is 10.8 Å². The van der Waals surface area contributed by atoms with Gasteiger partial charge in [0.15, 0.2) is 0 Å². The molecule has 0 aliphatic heterocycles. The van der Waals surface area contributed by atoms with Gasteiger partial charge in [-0.2, -0.15) is 0 Å². The average molecular weight is 782 g/mol. The van der Waals surface area contributed by atoms with E-state index in [9.17, 15) is 5.11 Å². The number of aryl methyl sites for hydroxylation is 1. The van der Waals surface area contributed by atoms with Gasteiger partial charge in [-0.05, 0) is 118 Å². The molecule has 0 spiro atoms. The number of rotatable bonds is 7. The second-order valence-electron chi connectivity index (χ2n) is 17.7. The summed E-state index contributed by atoms with van der Waals surface area (Å²) in [4.78, 5) is 10.3. The van der Waals surface area contributed by atoms with E-state index in [0.29, 0.717) is 28.2 Å². The van der Waals surface area contributed by atoms with Crippen molar-refractivity contribution >= 4 is 11.0 Å². The molecule has 296 valence electrons. The van der Waals surface area contributed by atoms with Gasteiger partial charge in [0, 0.05) is 33.9 Å². The molecule has 0 amide bonds. The van der Waals surface area contributed by atoms with E-state index in [2.05, 4.69) is 76.4 Å². The van der Waals surface area contributed by atoms with E-state index in [0.717, 1.165) is 61.3 Å². The van der Waals surface area contributed by atoms with Crippen LogP contribution in [-0.4, -0.2) is 19.6 Å². The number of hydrogen-bond acceptors (Lipinski definition) is 3. The number of aromatic hydroxyl groups is 1. The topological polar surface area (TPSA) is 50.9 Å². The van der Waals surface area contributed by atoms with E-state index in [4.69, 9.17) is 20.9 Å². The fraction of sp³-hybridized carbons (Fsp3) is 0.236. The maximum Gasteiger partial charge on any atom is 0.149 e. The number of nitrogens with zero attached hydrogens (tertiary/aromatic N) is 3. The lowest BCUT2D eigenvalue weighted by Gasteiger charge is -2.23. The number of para-hydroxylation sites is 1. The van der Waals surface area contributed by atoms with Crippen molar-refractivity contribution < 1.29 is 16.1 Å². The van der Waals surface area contributed by atoms with E-state index in [1.165, 1.54) is 0 Å². The minimum Gasteiger partial charge on any atom is -0.507 e. The van der Waals surface area contributed by atoms with Crippen LogP contribution in [0.3, 0.4) is 0 Å². The Balaban J connectivity index is 1.42. The summed E-state index contributed by atoms with van der Waals surface area (Å²) in [6, 6.07) is 33.8. The Hall–Kier alpha value is -6.26. The Morgan fingerprint density at radius 2 is 1.41 bits per heavy atom. The third-order valence-corrected chi connectivity index (χ3v) is 11.0. The first kappa shape index (κ1) is 30.8. The zero-order valence-electron chi connectivity index (χ0n) is 43.3. The highest BCUT2D eigenvalue weighted by Gasteiger charge is 2.27. The van der Waals surface area contributed by atoms with Crippen molar-refractivity contribution in [3.8, 4) is 67.5 Å². The summed E-state index contributed by atoms with van der Waals surface area (Å²) in [5.74, 6) is -0.170. The molecule has 0 saturated carbocycles. The quantitative estimate of drug-likeness (QED) is 0.175. The molecule has 1 N–H and O–H groups in total. The lowest BCUT2D eigenvalue weighted by Crippen LogP contribution is -2.12. The smallest absolute Gasteiger partial charge is 0.149 e. The lowest BCUT2D eigenvalue weighted by atomic mass is 9.83. The molecule has 4 nitrogen and oxygen atoms in total. The van der Waals surface area contributed by atoms with E-state index in [1.807, 2.05) is 87.5 Å². The molecule has 0 aliphatic rings. The van der Waals surface area contributed by atoms with Crippen molar-refractivity contribution in [1.82, 2.24) is 14.5 Å². The summed E-state index contributed by atoms with van der Waals surface area (Å²) < 4.78 is 69.6. The maximum absolute atomic E-state index is 12.3. The highest BCUT2D eigenvalue weighted by molar-refractivity contribution is 5.98. The van der Waals surface area contributed by atoms with Gasteiger partial charge >= 0.3 is 0 Å². The molecule has 0 radical (unpaired) electrons. The molecule has 8 rings (SSSR count). The second-order valence-corrected chi connectivity index (χ2v) is 17.7. The molecular formula is C55H55N3O. The second kappa shape index (κ2) is 15.2. The van der Waals surface area contributed by atoms with Gasteiger partial charge in [0.25, 0.3) is 0 Å². The van der Waals surface area contributed by atoms with Crippen molar-refractivity contribution in [3.63, 3.8) is 0 Å². The van der Waals surface area contributed by atoms with Crippen molar-refractivity contribution in [2.24, 2.45) is 0 Å². The number of aromatic nitrogens is 3. The third-order valence-electron chi connectivity index (χ3n) is 11.0. The van der Waals surface area contributed by atoms with E-state index < -0.39 is 42.5 Å². The largest absolute Gasteiger partial charge is 0.507 e. The van der Waals surface area contributed by atoms with Gasteiger partial charge < -0.3 is 5.11 Å². The molecular weight excluding hydrogens is 719 g/mol. The first-order chi connectivity index (χ1) is 31.3. The van der Waals surface area contributed by atoms with Crippen LogP contribution in [0.4, 0.5) is 0 Å². The van der Waals surface area contributed by atoms with Gasteiger partial charge in [0.1, 0.15) is 11.6 Å². The minimum atomic E-state index is -2.82. The molecule has 0 unspecified atom stereocenters. The highest BCUT2D eigenvalue weighted by Crippen LogP contribution is 2.45. The molecule has 0 saturated heterocycles. The molecule has 2 heterocycles. The van der Waals surface area contributed by atoms with Crippen molar-refractivity contribution in [2.45, 2.75) is 85.9 Å². The highest BCUT2D eigenvalue weighted by atomic mass is 16.3. The van der Waals surface area contributed by atoms with Crippen molar-refractivity contribution in [1.29, 1.82) is 0 Å². The molecule has 4 heteroatoms. The van der Waals surface area contributed by atoms with Crippen LogP contribution in [0, 0.1) is 13.8 Å². The molecule has 8 aromatic rings. The number of fused-ring (bicyclic) bond motifs is 1. The summed E-state index contributed by atoms with van der Waals surface area (Å²) in [5, 5.41) is 12.3. The molecule has 0 aliphatic carbocycles. The van der Waals surface area contributed by atoms with Crippen molar-refractivity contribution in [3.05, 3.63) is 167 Å². The van der Waals surface area contributed by atoms with Crippen LogP contribution in [0.25, 0.3) is 72.7 Å². The number of phenolic OH excluding ortho intramolecular Hbond substituents is 1. The van der Waals surface area contributed by atoms with Gasteiger partial charge in [-0.3, -0.25) is 9.55 Å². The Labute approximate surface area is 361 Å². The number of imidazole rings is 1. The van der Waals surface area contributed by atoms with Crippen LogP contribution in [0.5, 0.6) is 5.75 Å². The SMILES string of the molecule is [2H]c1c([2H])c(C([2H])([2H])[2H])c([2H])c([2H])c1-c1ccnc(-c2cc(-c3cccc4c3nc(-c3cc(C)cc(C(C)(C)C)c3O)n4-c3ccc(C([2H])(C)C)cc3-c3ccccc3)cc(C(C)(C)C)c2)c1. The van der Waals surface area contributed by atoms with Crippen LogP contribution in [0.1, 0.15) is 100 Å². The van der Waals surface area contributed by atoms with E-state index in [1.54, 1.807) is 18.3 Å².